The van der Waals surface area contributed by atoms with Crippen molar-refractivity contribution in [3.05, 3.63) is 29.8 Å². The molecule has 0 unspecified atom stereocenters. The van der Waals surface area contributed by atoms with Crippen molar-refractivity contribution in [3.8, 4) is 0 Å². The Kier molecular flexibility index (Phi) is 5.79. The number of thiocarbonyl (C=S) groups is 1. The van der Waals surface area contributed by atoms with Crippen LogP contribution in [0.15, 0.2) is 29.4 Å². The van der Waals surface area contributed by atoms with Crippen LogP contribution >= 0.6 is 12.2 Å². The number of amides is 1. The van der Waals surface area contributed by atoms with Gasteiger partial charge in [0.2, 0.25) is 5.91 Å². The molecule has 0 aliphatic rings. The molecule has 1 amide bonds. The van der Waals surface area contributed by atoms with Crippen molar-refractivity contribution < 1.29 is 4.79 Å². The van der Waals surface area contributed by atoms with E-state index in [0.29, 0.717) is 5.11 Å². The molecule has 0 bridgehead atoms. The molecule has 96 valence electrons. The van der Waals surface area contributed by atoms with Crippen LogP contribution in [0.4, 0.5) is 5.69 Å². The summed E-state index contributed by atoms with van der Waals surface area (Å²) >= 11 is 4.95. The Labute approximate surface area is 112 Å². The lowest BCUT2D eigenvalue weighted by atomic mass is 10.2. The van der Waals surface area contributed by atoms with Crippen LogP contribution in [0, 0.1) is 0 Å². The van der Waals surface area contributed by atoms with Crippen LogP contribution in [0.25, 0.3) is 0 Å². The van der Waals surface area contributed by atoms with Gasteiger partial charge in [0.15, 0.2) is 5.11 Å². The maximum absolute atomic E-state index is 10.8. The summed E-state index contributed by atoms with van der Waals surface area (Å²) in [4.78, 5) is 10.8. The van der Waals surface area contributed by atoms with Crippen LogP contribution in [-0.4, -0.2) is 23.8 Å². The highest BCUT2D eigenvalue weighted by molar-refractivity contribution is 7.80. The zero-order valence-electron chi connectivity index (χ0n) is 10.4. The highest BCUT2D eigenvalue weighted by atomic mass is 32.1. The van der Waals surface area contributed by atoms with Gasteiger partial charge in [0.05, 0.1) is 6.21 Å². The van der Waals surface area contributed by atoms with E-state index in [-0.39, 0.29) is 5.91 Å². The van der Waals surface area contributed by atoms with Gasteiger partial charge in [0.1, 0.15) is 0 Å². The minimum Gasteiger partial charge on any atom is -0.362 e. The molecule has 0 saturated carbocycles. The van der Waals surface area contributed by atoms with Crippen molar-refractivity contribution in [2.45, 2.75) is 13.8 Å². The number of nitrogens with one attached hydrogen (secondary N) is 3. The van der Waals surface area contributed by atoms with Gasteiger partial charge in [0, 0.05) is 19.2 Å². The lowest BCUT2D eigenvalue weighted by Crippen LogP contribution is -2.31. The summed E-state index contributed by atoms with van der Waals surface area (Å²) in [6.07, 6.45) is 1.65. The predicted octanol–water partition coefficient (Wildman–Crippen LogP) is 1.46. The van der Waals surface area contributed by atoms with Gasteiger partial charge in [-0.1, -0.05) is 12.1 Å². The molecular formula is C12H16N4OS. The quantitative estimate of drug-likeness (QED) is 0.438. The summed E-state index contributed by atoms with van der Waals surface area (Å²) < 4.78 is 0. The van der Waals surface area contributed by atoms with Gasteiger partial charge >= 0.3 is 0 Å². The number of benzene rings is 1. The first kappa shape index (κ1) is 14.1. The minimum absolute atomic E-state index is 0.0888. The Bertz CT molecular complexity index is 442. The van der Waals surface area contributed by atoms with Crippen LogP contribution < -0.4 is 16.1 Å². The molecule has 6 heteroatoms. The Morgan fingerprint density at radius 1 is 1.39 bits per heavy atom. The van der Waals surface area contributed by atoms with Crippen LogP contribution in [0.2, 0.25) is 0 Å². The number of carbonyl (C=O) groups is 1. The Hall–Kier alpha value is -1.95. The number of hydrogen-bond acceptors (Lipinski definition) is 3. The number of hydrogen-bond donors (Lipinski definition) is 3. The zero-order chi connectivity index (χ0) is 13.4. The molecule has 1 aromatic rings. The summed E-state index contributed by atoms with van der Waals surface area (Å²) in [6.45, 7) is 4.19. The molecule has 0 aliphatic heterocycles. The average molecular weight is 264 g/mol. The first-order chi connectivity index (χ1) is 8.61. The van der Waals surface area contributed by atoms with E-state index < -0.39 is 0 Å². The van der Waals surface area contributed by atoms with Gasteiger partial charge in [-0.3, -0.25) is 10.2 Å². The second kappa shape index (κ2) is 7.39. The first-order valence-electron chi connectivity index (χ1n) is 5.56. The maximum atomic E-state index is 10.8. The summed E-state index contributed by atoms with van der Waals surface area (Å²) in [5, 5.41) is 10.1. The van der Waals surface area contributed by atoms with E-state index in [1.165, 1.54) is 6.92 Å². The molecule has 0 atom stereocenters. The van der Waals surface area contributed by atoms with E-state index in [0.717, 1.165) is 17.8 Å². The number of carbonyl (C=O) groups excluding carboxylic acids is 1. The lowest BCUT2D eigenvalue weighted by Gasteiger charge is -2.03. The van der Waals surface area contributed by atoms with E-state index in [1.807, 2.05) is 31.2 Å². The molecule has 5 nitrogen and oxygen atoms in total. The molecule has 0 aliphatic carbocycles. The molecule has 3 N–H and O–H groups in total. The van der Waals surface area contributed by atoms with E-state index in [4.69, 9.17) is 12.2 Å². The van der Waals surface area contributed by atoms with E-state index in [9.17, 15) is 4.79 Å². The Morgan fingerprint density at radius 3 is 2.61 bits per heavy atom. The molecular weight excluding hydrogens is 248 g/mol. The highest BCUT2D eigenvalue weighted by Crippen LogP contribution is 2.07. The predicted molar refractivity (Wildman–Crippen MR) is 77.8 cm³/mol. The molecule has 0 heterocycles. The molecule has 0 radical (unpaired) electrons. The summed E-state index contributed by atoms with van der Waals surface area (Å²) in [5.41, 5.74) is 4.37. The SMILES string of the molecule is CCNC(=S)NN=Cc1ccc(NC(C)=O)cc1. The van der Waals surface area contributed by atoms with Crippen molar-refractivity contribution >= 4 is 35.1 Å². The smallest absolute Gasteiger partial charge is 0.221 e. The van der Waals surface area contributed by atoms with E-state index >= 15 is 0 Å². The van der Waals surface area contributed by atoms with E-state index in [1.54, 1.807) is 6.21 Å². The van der Waals surface area contributed by atoms with Crippen molar-refractivity contribution in [2.75, 3.05) is 11.9 Å². The van der Waals surface area contributed by atoms with Crippen molar-refractivity contribution in [2.24, 2.45) is 5.10 Å². The monoisotopic (exact) mass is 264 g/mol. The van der Waals surface area contributed by atoms with Gasteiger partial charge in [-0.2, -0.15) is 5.10 Å². The normalized spacial score (nSPS) is 10.1. The number of rotatable bonds is 4. The van der Waals surface area contributed by atoms with Crippen LogP contribution in [0.5, 0.6) is 0 Å². The summed E-state index contributed by atoms with van der Waals surface area (Å²) in [6, 6.07) is 7.33. The van der Waals surface area contributed by atoms with Gasteiger partial charge in [-0.15, -0.1) is 0 Å². The van der Waals surface area contributed by atoms with Crippen molar-refractivity contribution in [3.63, 3.8) is 0 Å². The lowest BCUT2D eigenvalue weighted by molar-refractivity contribution is -0.114. The van der Waals surface area contributed by atoms with Crippen LogP contribution in [0.1, 0.15) is 19.4 Å². The maximum Gasteiger partial charge on any atom is 0.221 e. The number of hydrazone groups is 1. The molecule has 0 fully saturated rings. The fourth-order valence-corrected chi connectivity index (χ4v) is 1.42. The minimum atomic E-state index is -0.0888. The fourth-order valence-electron chi connectivity index (χ4n) is 1.22. The largest absolute Gasteiger partial charge is 0.362 e. The van der Waals surface area contributed by atoms with Crippen molar-refractivity contribution in [1.29, 1.82) is 0 Å². The Balaban J connectivity index is 2.50. The van der Waals surface area contributed by atoms with Crippen LogP contribution in [-0.2, 0) is 4.79 Å². The molecule has 1 aromatic carbocycles. The van der Waals surface area contributed by atoms with Gasteiger partial charge in [0.25, 0.3) is 0 Å². The van der Waals surface area contributed by atoms with Crippen molar-refractivity contribution in [1.82, 2.24) is 10.7 Å². The van der Waals surface area contributed by atoms with E-state index in [2.05, 4.69) is 21.2 Å². The second-order valence-corrected chi connectivity index (χ2v) is 3.94. The summed E-state index contributed by atoms with van der Waals surface area (Å²) in [7, 11) is 0. The third-order valence-corrected chi connectivity index (χ3v) is 2.18. The first-order valence-corrected chi connectivity index (χ1v) is 5.97. The second-order valence-electron chi connectivity index (χ2n) is 3.53. The third kappa shape index (κ3) is 5.40. The van der Waals surface area contributed by atoms with Gasteiger partial charge < -0.3 is 10.6 Å². The number of nitrogens with zero attached hydrogens (tertiary/aromatic N) is 1. The molecule has 0 saturated heterocycles. The average Bonchev–Trinajstić information content (AvgIpc) is 2.31. The standard InChI is InChI=1S/C12H16N4OS/c1-3-13-12(18)16-14-8-10-4-6-11(7-5-10)15-9(2)17/h4-8H,3H2,1-2H3,(H,15,17)(H2,13,16,18). The third-order valence-electron chi connectivity index (χ3n) is 1.95. The molecule has 0 aromatic heterocycles. The van der Waals surface area contributed by atoms with Crippen LogP contribution in [0.3, 0.4) is 0 Å². The highest BCUT2D eigenvalue weighted by Gasteiger charge is 1.94. The summed E-state index contributed by atoms with van der Waals surface area (Å²) in [5.74, 6) is -0.0888. The van der Waals surface area contributed by atoms with Gasteiger partial charge in [-0.05, 0) is 36.8 Å². The molecule has 0 spiro atoms. The topological polar surface area (TPSA) is 65.5 Å². The molecule has 1 rings (SSSR count). The van der Waals surface area contributed by atoms with Gasteiger partial charge in [-0.25, -0.2) is 0 Å². The number of anilines is 1. The fraction of sp³-hybridized carbons (Fsp3) is 0.250. The Morgan fingerprint density at radius 2 is 2.06 bits per heavy atom. The zero-order valence-corrected chi connectivity index (χ0v) is 11.2. The molecule has 18 heavy (non-hydrogen) atoms.